The average Bonchev–Trinajstić information content (AvgIpc) is 3.38. The molecule has 6 rings (SSSR count). The maximum atomic E-state index is 5.84. The van der Waals surface area contributed by atoms with E-state index in [0.29, 0.717) is 12.0 Å². The summed E-state index contributed by atoms with van der Waals surface area (Å²) in [5.41, 5.74) is 4.88. The zero-order valence-corrected chi connectivity index (χ0v) is 25.2. The third kappa shape index (κ3) is 5.95. The van der Waals surface area contributed by atoms with E-state index in [2.05, 4.69) is 69.0 Å². The molecular formula is C31H40N8OS. The molecule has 2 aliphatic rings. The summed E-state index contributed by atoms with van der Waals surface area (Å²) in [6.45, 7) is 6.85. The molecule has 2 saturated heterocycles. The summed E-state index contributed by atoms with van der Waals surface area (Å²) in [5.74, 6) is 2.06. The quantitative estimate of drug-likeness (QED) is 0.270. The molecule has 2 N–H and O–H groups in total. The topological polar surface area (TPSA) is 73.7 Å². The van der Waals surface area contributed by atoms with Crippen molar-refractivity contribution in [3.63, 3.8) is 0 Å². The second-order valence-corrected chi connectivity index (χ2v) is 11.8. The molecule has 10 heteroatoms. The highest BCUT2D eigenvalue weighted by Crippen LogP contribution is 2.35. The minimum atomic E-state index is 0.520. The number of ether oxygens (including phenoxy) is 1. The summed E-state index contributed by atoms with van der Waals surface area (Å²) < 4.78 is 7.89. The largest absolute Gasteiger partial charge is 0.494 e. The van der Waals surface area contributed by atoms with Crippen molar-refractivity contribution in [1.82, 2.24) is 24.3 Å². The number of hydrogen-bond acceptors (Lipinski definition) is 9. The summed E-state index contributed by atoms with van der Waals surface area (Å²) in [5, 5.41) is 6.99. The monoisotopic (exact) mass is 572 g/mol. The lowest BCUT2D eigenvalue weighted by atomic mass is 10.0. The third-order valence-corrected chi connectivity index (χ3v) is 9.19. The van der Waals surface area contributed by atoms with Crippen LogP contribution in [0.3, 0.4) is 0 Å². The molecule has 0 atom stereocenters. The van der Waals surface area contributed by atoms with Crippen LogP contribution < -0.4 is 20.3 Å². The summed E-state index contributed by atoms with van der Waals surface area (Å²) in [7, 11) is 5.96. The molecule has 0 unspecified atom stereocenters. The fraction of sp³-hybridized carbons (Fsp3) is 0.419. The molecule has 2 aromatic heterocycles. The Balaban J connectivity index is 1.20. The standard InChI is InChI=1S/C31H40N8OS/c1-36-17-19-39(20-18-36)22-11-15-38(16-12-22)23-9-10-24(27(21-23)40-3)33-31-34-26-13-14-37(2)29(26)30(35-31)32-25-7-5-6-8-28(25)41-4/h5-10,13-14,21-22H,11-12,15-20H2,1-4H3,(H2,32,33,34,35). The smallest absolute Gasteiger partial charge is 0.229 e. The molecular weight excluding hydrogens is 532 g/mol. The van der Waals surface area contributed by atoms with Crippen molar-refractivity contribution in [2.75, 3.05) is 75.2 Å². The second kappa shape index (κ2) is 12.2. The van der Waals surface area contributed by atoms with E-state index >= 15 is 0 Å². The van der Waals surface area contributed by atoms with Gasteiger partial charge in [-0.05, 0) is 56.5 Å². The van der Waals surface area contributed by atoms with Crippen LogP contribution in [0, 0.1) is 0 Å². The summed E-state index contributed by atoms with van der Waals surface area (Å²) in [6.07, 6.45) is 6.49. The van der Waals surface area contributed by atoms with E-state index in [0.717, 1.165) is 52.0 Å². The van der Waals surface area contributed by atoms with Crippen LogP contribution in [-0.4, -0.2) is 90.1 Å². The number of hydrogen-bond donors (Lipinski definition) is 2. The first-order chi connectivity index (χ1) is 20.0. The minimum Gasteiger partial charge on any atom is -0.494 e. The zero-order valence-electron chi connectivity index (χ0n) is 24.4. The van der Waals surface area contributed by atoms with Gasteiger partial charge in [0.1, 0.15) is 11.3 Å². The van der Waals surface area contributed by atoms with Crippen molar-refractivity contribution in [3.05, 3.63) is 54.7 Å². The maximum Gasteiger partial charge on any atom is 0.229 e. The summed E-state index contributed by atoms with van der Waals surface area (Å²) >= 11 is 1.71. The Bertz CT molecular complexity index is 1490. The van der Waals surface area contributed by atoms with Crippen LogP contribution in [0.15, 0.2) is 59.6 Å². The van der Waals surface area contributed by atoms with Crippen molar-refractivity contribution in [2.24, 2.45) is 7.05 Å². The van der Waals surface area contributed by atoms with Gasteiger partial charge in [-0.1, -0.05) is 12.1 Å². The van der Waals surface area contributed by atoms with Crippen LogP contribution in [0.1, 0.15) is 12.8 Å². The highest BCUT2D eigenvalue weighted by Gasteiger charge is 2.27. The molecule has 0 aliphatic carbocycles. The Morgan fingerprint density at radius 3 is 2.41 bits per heavy atom. The van der Waals surface area contributed by atoms with Gasteiger partial charge in [-0.2, -0.15) is 4.98 Å². The average molecular weight is 573 g/mol. The molecule has 4 heterocycles. The third-order valence-electron chi connectivity index (χ3n) is 8.40. The molecule has 9 nitrogen and oxygen atoms in total. The summed E-state index contributed by atoms with van der Waals surface area (Å²) in [4.78, 5) is 18.5. The molecule has 41 heavy (non-hydrogen) atoms. The van der Waals surface area contributed by atoms with Gasteiger partial charge < -0.3 is 29.7 Å². The molecule has 2 aromatic carbocycles. The van der Waals surface area contributed by atoms with E-state index in [4.69, 9.17) is 14.7 Å². The van der Waals surface area contributed by atoms with Crippen LogP contribution in [0.4, 0.5) is 28.8 Å². The lowest BCUT2D eigenvalue weighted by Crippen LogP contribution is -2.52. The number of benzene rings is 2. The zero-order chi connectivity index (χ0) is 28.3. The van der Waals surface area contributed by atoms with Crippen molar-refractivity contribution < 1.29 is 4.74 Å². The number of likely N-dealkylation sites (N-methyl/N-ethyl adjacent to an activating group) is 1. The molecule has 4 aromatic rings. The number of piperidine rings is 1. The lowest BCUT2D eigenvalue weighted by molar-refractivity contribution is 0.0982. The van der Waals surface area contributed by atoms with Gasteiger partial charge in [0.15, 0.2) is 5.82 Å². The molecule has 0 radical (unpaired) electrons. The number of fused-ring (bicyclic) bond motifs is 1. The number of nitrogens with one attached hydrogen (secondary N) is 2. The fourth-order valence-electron chi connectivity index (χ4n) is 5.99. The van der Waals surface area contributed by atoms with Crippen LogP contribution in [0.2, 0.25) is 0 Å². The first-order valence-corrected chi connectivity index (χ1v) is 15.6. The summed E-state index contributed by atoms with van der Waals surface area (Å²) in [6, 6.07) is 17.4. The Kier molecular flexibility index (Phi) is 8.23. The number of rotatable bonds is 8. The molecule has 2 fully saturated rings. The predicted octanol–water partition coefficient (Wildman–Crippen LogP) is 5.40. The van der Waals surface area contributed by atoms with Gasteiger partial charge in [0.05, 0.1) is 24.0 Å². The van der Waals surface area contributed by atoms with E-state index in [-0.39, 0.29) is 0 Å². The van der Waals surface area contributed by atoms with E-state index in [9.17, 15) is 0 Å². The Morgan fingerprint density at radius 2 is 1.66 bits per heavy atom. The first kappa shape index (κ1) is 27.7. The number of methoxy groups -OCH3 is 1. The Hall–Kier alpha value is -3.47. The van der Waals surface area contributed by atoms with Crippen molar-refractivity contribution >= 4 is 51.6 Å². The van der Waals surface area contributed by atoms with Crippen LogP contribution in [-0.2, 0) is 7.05 Å². The van der Waals surface area contributed by atoms with Crippen LogP contribution >= 0.6 is 11.8 Å². The number of aromatic nitrogens is 3. The van der Waals surface area contributed by atoms with Gasteiger partial charge in [-0.3, -0.25) is 4.90 Å². The van der Waals surface area contributed by atoms with Gasteiger partial charge in [0.25, 0.3) is 0 Å². The highest BCUT2D eigenvalue weighted by atomic mass is 32.2. The molecule has 216 valence electrons. The number of nitrogens with zero attached hydrogens (tertiary/aromatic N) is 6. The van der Waals surface area contributed by atoms with Crippen LogP contribution in [0.25, 0.3) is 11.0 Å². The number of anilines is 5. The highest BCUT2D eigenvalue weighted by molar-refractivity contribution is 7.98. The number of thioether (sulfide) groups is 1. The van der Waals surface area contributed by atoms with Gasteiger partial charge >= 0.3 is 0 Å². The second-order valence-electron chi connectivity index (χ2n) is 10.9. The maximum absolute atomic E-state index is 5.84. The minimum absolute atomic E-state index is 0.520. The van der Waals surface area contributed by atoms with Gasteiger partial charge in [-0.25, -0.2) is 4.98 Å². The molecule has 0 spiro atoms. The van der Waals surface area contributed by atoms with Gasteiger partial charge in [0, 0.05) is 75.2 Å². The van der Waals surface area contributed by atoms with Crippen molar-refractivity contribution in [3.8, 4) is 5.75 Å². The lowest BCUT2D eigenvalue weighted by Gasteiger charge is -2.42. The first-order valence-electron chi connectivity index (χ1n) is 14.4. The molecule has 0 saturated carbocycles. The SMILES string of the molecule is COc1cc(N2CCC(N3CCN(C)CC3)CC2)ccc1Nc1nc(Nc2ccccc2SC)c2c(ccn2C)n1. The molecule has 2 aliphatic heterocycles. The fourth-order valence-corrected chi connectivity index (χ4v) is 6.54. The van der Waals surface area contributed by atoms with E-state index < -0.39 is 0 Å². The Labute approximate surface area is 246 Å². The van der Waals surface area contributed by atoms with E-state index in [1.54, 1.807) is 18.9 Å². The van der Waals surface area contributed by atoms with Gasteiger partial charge in [0.2, 0.25) is 5.95 Å². The number of para-hydroxylation sites is 1. The van der Waals surface area contributed by atoms with E-state index in [1.165, 1.54) is 44.7 Å². The predicted molar refractivity (Wildman–Crippen MR) is 171 cm³/mol. The van der Waals surface area contributed by atoms with Crippen molar-refractivity contribution in [1.29, 1.82) is 0 Å². The molecule has 0 bridgehead atoms. The number of piperazine rings is 1. The molecule has 0 amide bonds. The van der Waals surface area contributed by atoms with Gasteiger partial charge in [-0.15, -0.1) is 11.8 Å². The Morgan fingerprint density at radius 1 is 0.878 bits per heavy atom. The van der Waals surface area contributed by atoms with Crippen LogP contribution in [0.5, 0.6) is 5.75 Å². The number of aryl methyl sites for hydroxylation is 1. The van der Waals surface area contributed by atoms with E-state index in [1.807, 2.05) is 36.0 Å². The normalized spacial score (nSPS) is 17.2. The van der Waals surface area contributed by atoms with Crippen molar-refractivity contribution in [2.45, 2.75) is 23.8 Å².